The highest BCUT2D eigenvalue weighted by Crippen LogP contribution is 2.39. The molecule has 0 saturated carbocycles. The molecule has 0 aliphatic rings. The number of thiazole rings is 1. The lowest BCUT2D eigenvalue weighted by Crippen LogP contribution is -2.11. The molecule has 0 unspecified atom stereocenters. The van der Waals surface area contributed by atoms with E-state index in [0.717, 1.165) is 26.2 Å². The Labute approximate surface area is 176 Å². The molecule has 3 nitrogen and oxygen atoms in total. The number of anilines is 1. The molecule has 0 bridgehead atoms. The summed E-state index contributed by atoms with van der Waals surface area (Å²) in [6.45, 7) is 2.06. The summed E-state index contributed by atoms with van der Waals surface area (Å²) >= 11 is 4.87. The van der Waals surface area contributed by atoms with Crippen molar-refractivity contribution in [1.29, 1.82) is 0 Å². The van der Waals surface area contributed by atoms with Crippen molar-refractivity contribution in [2.75, 3.05) is 5.32 Å². The van der Waals surface area contributed by atoms with Crippen molar-refractivity contribution in [3.05, 3.63) is 94.5 Å². The van der Waals surface area contributed by atoms with Crippen LogP contribution in [-0.4, -0.2) is 10.9 Å². The van der Waals surface area contributed by atoms with Gasteiger partial charge in [0.15, 0.2) is 5.13 Å². The molecule has 0 saturated heterocycles. The summed E-state index contributed by atoms with van der Waals surface area (Å²) < 4.78 is 0.936. The molecule has 3 aromatic carbocycles. The van der Waals surface area contributed by atoms with E-state index < -0.39 is 0 Å². The van der Waals surface area contributed by atoms with Gasteiger partial charge >= 0.3 is 0 Å². The molecule has 28 heavy (non-hydrogen) atoms. The van der Waals surface area contributed by atoms with Crippen LogP contribution in [0.1, 0.15) is 15.9 Å². The first-order valence-electron chi connectivity index (χ1n) is 8.80. The minimum atomic E-state index is -0.170. The molecular weight excluding hydrogens is 432 g/mol. The van der Waals surface area contributed by atoms with Crippen molar-refractivity contribution in [1.82, 2.24) is 4.98 Å². The Hall–Kier alpha value is -2.76. The van der Waals surface area contributed by atoms with E-state index in [0.29, 0.717) is 10.7 Å². The number of hydrogen-bond acceptors (Lipinski definition) is 3. The molecule has 0 fully saturated rings. The fraction of sp³-hybridized carbons (Fsp3) is 0.0435. The molecule has 1 aromatic heterocycles. The van der Waals surface area contributed by atoms with Crippen LogP contribution in [0.5, 0.6) is 0 Å². The van der Waals surface area contributed by atoms with Crippen molar-refractivity contribution >= 4 is 38.3 Å². The summed E-state index contributed by atoms with van der Waals surface area (Å²) in [6, 6.07) is 25.7. The van der Waals surface area contributed by atoms with Gasteiger partial charge in [-0.2, -0.15) is 0 Å². The minimum absolute atomic E-state index is 0.170. The number of carbonyl (C=O) groups is 1. The highest BCUT2D eigenvalue weighted by atomic mass is 79.9. The molecule has 0 atom stereocenters. The molecular formula is C23H17BrN2OS. The summed E-state index contributed by atoms with van der Waals surface area (Å²) in [6.07, 6.45) is 0. The Kier molecular flexibility index (Phi) is 5.37. The van der Waals surface area contributed by atoms with Crippen LogP contribution in [0.3, 0.4) is 0 Å². The highest BCUT2D eigenvalue weighted by molar-refractivity contribution is 9.10. The standard InChI is InChI=1S/C23H17BrN2OS/c1-15-7-9-16(10-8-15)20-21(17-5-3-2-4-6-17)28-23(25-20)26-22(27)18-11-13-19(24)14-12-18/h2-14H,1H3,(H,25,26,27). The first-order valence-corrected chi connectivity index (χ1v) is 10.4. The fourth-order valence-electron chi connectivity index (χ4n) is 2.84. The Morgan fingerprint density at radius 1 is 0.893 bits per heavy atom. The number of aryl methyl sites for hydroxylation is 1. The van der Waals surface area contributed by atoms with E-state index in [1.165, 1.54) is 16.9 Å². The zero-order valence-electron chi connectivity index (χ0n) is 15.1. The number of halogens is 1. The lowest BCUT2D eigenvalue weighted by Gasteiger charge is -2.03. The van der Waals surface area contributed by atoms with Crippen molar-refractivity contribution in [3.63, 3.8) is 0 Å². The van der Waals surface area contributed by atoms with Gasteiger partial charge in [-0.1, -0.05) is 87.4 Å². The number of nitrogens with one attached hydrogen (secondary N) is 1. The van der Waals surface area contributed by atoms with Gasteiger partial charge in [0.25, 0.3) is 5.91 Å². The zero-order valence-corrected chi connectivity index (χ0v) is 17.5. The Morgan fingerprint density at radius 3 is 2.25 bits per heavy atom. The van der Waals surface area contributed by atoms with Gasteiger partial charge in [-0.15, -0.1) is 0 Å². The van der Waals surface area contributed by atoms with Crippen molar-refractivity contribution in [2.24, 2.45) is 0 Å². The van der Waals surface area contributed by atoms with E-state index >= 15 is 0 Å². The van der Waals surface area contributed by atoms with Crippen LogP contribution in [-0.2, 0) is 0 Å². The number of aromatic nitrogens is 1. The van der Waals surface area contributed by atoms with E-state index in [1.807, 2.05) is 30.3 Å². The van der Waals surface area contributed by atoms with E-state index in [1.54, 1.807) is 12.1 Å². The molecule has 1 heterocycles. The van der Waals surface area contributed by atoms with Crippen molar-refractivity contribution < 1.29 is 4.79 Å². The van der Waals surface area contributed by atoms with Crippen molar-refractivity contribution in [3.8, 4) is 21.7 Å². The Bertz CT molecular complexity index is 1100. The predicted molar refractivity (Wildman–Crippen MR) is 120 cm³/mol. The van der Waals surface area contributed by atoms with Crippen LogP contribution in [0.15, 0.2) is 83.3 Å². The fourth-order valence-corrected chi connectivity index (χ4v) is 4.09. The summed E-state index contributed by atoms with van der Waals surface area (Å²) in [5, 5.41) is 3.53. The molecule has 0 aliphatic carbocycles. The van der Waals surface area contributed by atoms with Crippen LogP contribution < -0.4 is 5.32 Å². The molecule has 0 aliphatic heterocycles. The highest BCUT2D eigenvalue weighted by Gasteiger charge is 2.17. The van der Waals surface area contributed by atoms with Gasteiger partial charge in [0.2, 0.25) is 0 Å². The number of nitrogens with zero attached hydrogens (tertiary/aromatic N) is 1. The van der Waals surface area contributed by atoms with Gasteiger partial charge in [0.05, 0.1) is 10.6 Å². The molecule has 5 heteroatoms. The zero-order chi connectivity index (χ0) is 19.5. The average Bonchev–Trinajstić information content (AvgIpc) is 3.13. The molecule has 4 rings (SSSR count). The average molecular weight is 449 g/mol. The lowest BCUT2D eigenvalue weighted by atomic mass is 10.1. The lowest BCUT2D eigenvalue weighted by molar-refractivity contribution is 0.102. The normalized spacial score (nSPS) is 10.6. The minimum Gasteiger partial charge on any atom is -0.298 e. The maximum Gasteiger partial charge on any atom is 0.257 e. The Morgan fingerprint density at radius 2 is 1.57 bits per heavy atom. The smallest absolute Gasteiger partial charge is 0.257 e. The summed E-state index contributed by atoms with van der Waals surface area (Å²) in [5.74, 6) is -0.170. The molecule has 1 amide bonds. The molecule has 0 spiro atoms. The third-order valence-electron chi connectivity index (χ3n) is 4.32. The van der Waals surface area contributed by atoms with Crippen LogP contribution in [0.2, 0.25) is 0 Å². The van der Waals surface area contributed by atoms with Gasteiger partial charge in [-0.3, -0.25) is 10.1 Å². The first kappa shape index (κ1) is 18.6. The molecule has 4 aromatic rings. The summed E-state index contributed by atoms with van der Waals surface area (Å²) in [4.78, 5) is 18.4. The first-order chi connectivity index (χ1) is 13.6. The summed E-state index contributed by atoms with van der Waals surface area (Å²) in [5.41, 5.74) is 4.78. The summed E-state index contributed by atoms with van der Waals surface area (Å²) in [7, 11) is 0. The van der Waals surface area contributed by atoms with Gasteiger partial charge in [0, 0.05) is 15.6 Å². The number of amides is 1. The number of carbonyl (C=O) groups excluding carboxylic acids is 1. The van der Waals surface area contributed by atoms with E-state index in [9.17, 15) is 4.79 Å². The largest absolute Gasteiger partial charge is 0.298 e. The number of benzene rings is 3. The third kappa shape index (κ3) is 4.06. The maximum atomic E-state index is 12.6. The van der Waals surface area contributed by atoms with E-state index in [2.05, 4.69) is 64.6 Å². The van der Waals surface area contributed by atoms with Crippen LogP contribution in [0.25, 0.3) is 21.7 Å². The van der Waals surface area contributed by atoms with E-state index in [4.69, 9.17) is 4.98 Å². The van der Waals surface area contributed by atoms with Crippen LogP contribution in [0, 0.1) is 6.92 Å². The van der Waals surface area contributed by atoms with Gasteiger partial charge in [0.1, 0.15) is 0 Å². The molecule has 138 valence electrons. The SMILES string of the molecule is Cc1ccc(-c2nc(NC(=O)c3ccc(Br)cc3)sc2-c2ccccc2)cc1. The van der Waals surface area contributed by atoms with E-state index in [-0.39, 0.29) is 5.91 Å². The maximum absolute atomic E-state index is 12.6. The quantitative estimate of drug-likeness (QED) is 0.372. The van der Waals surface area contributed by atoms with Gasteiger partial charge in [-0.25, -0.2) is 4.98 Å². The second-order valence-corrected chi connectivity index (χ2v) is 8.30. The number of rotatable bonds is 4. The molecule has 0 radical (unpaired) electrons. The molecule has 1 N–H and O–H groups in total. The van der Waals surface area contributed by atoms with Gasteiger partial charge in [-0.05, 0) is 36.8 Å². The van der Waals surface area contributed by atoms with Crippen molar-refractivity contribution in [2.45, 2.75) is 6.92 Å². The van der Waals surface area contributed by atoms with Crippen LogP contribution >= 0.6 is 27.3 Å². The number of hydrogen-bond donors (Lipinski definition) is 1. The predicted octanol–water partition coefficient (Wildman–Crippen LogP) is 6.80. The Balaban J connectivity index is 1.71. The second kappa shape index (κ2) is 8.09. The monoisotopic (exact) mass is 448 g/mol. The third-order valence-corrected chi connectivity index (χ3v) is 5.86. The van der Waals surface area contributed by atoms with Crippen LogP contribution in [0.4, 0.5) is 5.13 Å². The van der Waals surface area contributed by atoms with Gasteiger partial charge < -0.3 is 0 Å². The second-order valence-electron chi connectivity index (χ2n) is 6.39. The topological polar surface area (TPSA) is 42.0 Å².